The molecule has 2 atom stereocenters. The number of hydrogen-bond acceptors (Lipinski definition) is 3. The van der Waals surface area contributed by atoms with Gasteiger partial charge in [-0.25, -0.2) is 0 Å². The minimum Gasteiger partial charge on any atom is -0.373 e. The average molecular weight is 313 g/mol. The van der Waals surface area contributed by atoms with Crippen LogP contribution in [0.3, 0.4) is 0 Å². The van der Waals surface area contributed by atoms with E-state index < -0.39 is 0 Å². The summed E-state index contributed by atoms with van der Waals surface area (Å²) in [7, 11) is 2.11. The zero-order valence-corrected chi connectivity index (χ0v) is 13.9. The number of benzene rings is 1. The normalized spacial score (nSPS) is 25.1. The largest absolute Gasteiger partial charge is 0.373 e. The number of nitrogens with zero attached hydrogens (tertiary/aromatic N) is 2. The zero-order valence-electron chi connectivity index (χ0n) is 13.9. The number of fused-ring (bicyclic) bond motifs is 2. The Morgan fingerprint density at radius 1 is 1.30 bits per heavy atom. The first-order valence-electron chi connectivity index (χ1n) is 8.24. The second kappa shape index (κ2) is 5.35. The van der Waals surface area contributed by atoms with Crippen LogP contribution in [0.1, 0.15) is 21.6 Å². The molecule has 2 aromatic rings. The highest BCUT2D eigenvalue weighted by Crippen LogP contribution is 2.26. The van der Waals surface area contributed by atoms with Gasteiger partial charge in [-0.15, -0.1) is 0 Å². The number of ether oxygens (including phenoxy) is 1. The SMILES string of the molecule is Cc1ccc2[nH]c(C(=O)N3C[C@@H]4OCCN(C)[C@H]4C3)cc2c1C. The maximum Gasteiger partial charge on any atom is 0.270 e. The first-order valence-corrected chi connectivity index (χ1v) is 8.24. The lowest BCUT2D eigenvalue weighted by Gasteiger charge is -2.33. The topological polar surface area (TPSA) is 48.6 Å². The molecule has 0 saturated carbocycles. The predicted octanol–water partition coefficient (Wildman–Crippen LogP) is 1.94. The number of carbonyl (C=O) groups excluding carboxylic acids is 1. The summed E-state index contributed by atoms with van der Waals surface area (Å²) < 4.78 is 5.84. The molecule has 2 saturated heterocycles. The number of amides is 1. The summed E-state index contributed by atoms with van der Waals surface area (Å²) in [5.41, 5.74) is 4.19. The van der Waals surface area contributed by atoms with Crippen LogP contribution in [0.15, 0.2) is 18.2 Å². The van der Waals surface area contributed by atoms with Crippen molar-refractivity contribution in [2.75, 3.05) is 33.3 Å². The molecule has 1 aromatic carbocycles. The summed E-state index contributed by atoms with van der Waals surface area (Å²) >= 11 is 0. The van der Waals surface area contributed by atoms with Gasteiger partial charge in [-0.2, -0.15) is 0 Å². The second-order valence-electron chi connectivity index (χ2n) is 6.82. The highest BCUT2D eigenvalue weighted by atomic mass is 16.5. The number of likely N-dealkylation sites (tertiary alicyclic amines) is 1. The highest BCUT2D eigenvalue weighted by molar-refractivity contribution is 5.99. The molecule has 122 valence electrons. The molecule has 1 amide bonds. The van der Waals surface area contributed by atoms with Crippen molar-refractivity contribution in [1.29, 1.82) is 0 Å². The fraction of sp³-hybridized carbons (Fsp3) is 0.500. The zero-order chi connectivity index (χ0) is 16.1. The number of aromatic nitrogens is 1. The molecule has 3 heterocycles. The van der Waals surface area contributed by atoms with Gasteiger partial charge in [-0.1, -0.05) is 6.07 Å². The Morgan fingerprint density at radius 3 is 2.91 bits per heavy atom. The number of aromatic amines is 1. The molecular formula is C18H23N3O2. The van der Waals surface area contributed by atoms with Crippen molar-refractivity contribution in [3.63, 3.8) is 0 Å². The number of aryl methyl sites for hydroxylation is 2. The number of likely N-dealkylation sites (N-methyl/N-ethyl adjacent to an activating group) is 1. The number of morpholine rings is 1. The molecule has 1 N–H and O–H groups in total. The Bertz CT molecular complexity index is 767. The summed E-state index contributed by atoms with van der Waals surface area (Å²) in [6.45, 7) is 7.32. The second-order valence-corrected chi connectivity index (χ2v) is 6.82. The van der Waals surface area contributed by atoms with E-state index in [9.17, 15) is 4.79 Å². The van der Waals surface area contributed by atoms with Gasteiger partial charge in [0, 0.05) is 30.5 Å². The number of rotatable bonds is 1. The van der Waals surface area contributed by atoms with Gasteiger partial charge in [-0.05, 0) is 44.2 Å². The lowest BCUT2D eigenvalue weighted by molar-refractivity contribution is -0.0368. The van der Waals surface area contributed by atoms with Crippen LogP contribution >= 0.6 is 0 Å². The molecule has 0 spiro atoms. The van der Waals surface area contributed by atoms with Crippen LogP contribution in [0.2, 0.25) is 0 Å². The number of hydrogen-bond donors (Lipinski definition) is 1. The van der Waals surface area contributed by atoms with E-state index in [2.05, 4.69) is 42.9 Å². The molecule has 0 unspecified atom stereocenters. The smallest absolute Gasteiger partial charge is 0.270 e. The summed E-state index contributed by atoms with van der Waals surface area (Å²) in [5, 5.41) is 1.14. The molecule has 2 fully saturated rings. The fourth-order valence-electron chi connectivity index (χ4n) is 3.77. The summed E-state index contributed by atoms with van der Waals surface area (Å²) in [6, 6.07) is 6.46. The van der Waals surface area contributed by atoms with Crippen molar-refractivity contribution in [3.05, 3.63) is 35.0 Å². The van der Waals surface area contributed by atoms with Gasteiger partial charge >= 0.3 is 0 Å². The van der Waals surface area contributed by atoms with E-state index in [4.69, 9.17) is 4.74 Å². The van der Waals surface area contributed by atoms with E-state index >= 15 is 0 Å². The lowest BCUT2D eigenvalue weighted by atomic mass is 10.1. The van der Waals surface area contributed by atoms with Crippen molar-refractivity contribution in [3.8, 4) is 0 Å². The third-order valence-corrected chi connectivity index (χ3v) is 5.44. The van der Waals surface area contributed by atoms with Crippen molar-refractivity contribution >= 4 is 16.8 Å². The Balaban J connectivity index is 1.61. The quantitative estimate of drug-likeness (QED) is 0.875. The number of H-pyrrole nitrogens is 1. The van der Waals surface area contributed by atoms with Gasteiger partial charge in [0.15, 0.2) is 0 Å². The van der Waals surface area contributed by atoms with Crippen LogP contribution in [0.25, 0.3) is 10.9 Å². The van der Waals surface area contributed by atoms with Crippen LogP contribution in [0.5, 0.6) is 0 Å². The van der Waals surface area contributed by atoms with Gasteiger partial charge in [0.1, 0.15) is 5.69 Å². The van der Waals surface area contributed by atoms with E-state index in [1.54, 1.807) is 0 Å². The van der Waals surface area contributed by atoms with E-state index in [1.165, 1.54) is 11.1 Å². The summed E-state index contributed by atoms with van der Waals surface area (Å²) in [6.07, 6.45) is 0.144. The Morgan fingerprint density at radius 2 is 2.13 bits per heavy atom. The van der Waals surface area contributed by atoms with E-state index in [1.807, 2.05) is 11.0 Å². The fourth-order valence-corrected chi connectivity index (χ4v) is 3.77. The minimum atomic E-state index is 0.0738. The molecule has 23 heavy (non-hydrogen) atoms. The minimum absolute atomic E-state index is 0.0738. The maximum absolute atomic E-state index is 12.9. The molecular weight excluding hydrogens is 290 g/mol. The third-order valence-electron chi connectivity index (χ3n) is 5.44. The van der Waals surface area contributed by atoms with Crippen LogP contribution < -0.4 is 0 Å². The van der Waals surface area contributed by atoms with Gasteiger partial charge in [0.2, 0.25) is 0 Å². The van der Waals surface area contributed by atoms with E-state index in [-0.39, 0.29) is 12.0 Å². The number of nitrogens with one attached hydrogen (secondary N) is 1. The highest BCUT2D eigenvalue weighted by Gasteiger charge is 2.40. The lowest BCUT2D eigenvalue weighted by Crippen LogP contribution is -2.48. The molecule has 2 aliphatic rings. The maximum atomic E-state index is 12.9. The molecule has 1 aromatic heterocycles. The molecule has 0 bridgehead atoms. The average Bonchev–Trinajstić information content (AvgIpc) is 3.15. The Labute approximate surface area is 136 Å². The number of carbonyl (C=O) groups is 1. The van der Waals surface area contributed by atoms with Crippen molar-refractivity contribution in [2.24, 2.45) is 0 Å². The predicted molar refractivity (Wildman–Crippen MR) is 89.8 cm³/mol. The van der Waals surface area contributed by atoms with Gasteiger partial charge in [0.25, 0.3) is 5.91 Å². The van der Waals surface area contributed by atoms with Gasteiger partial charge in [0.05, 0.1) is 18.8 Å². The Hall–Kier alpha value is -1.85. The van der Waals surface area contributed by atoms with Crippen LogP contribution in [-0.2, 0) is 4.74 Å². The summed E-state index contributed by atoms with van der Waals surface area (Å²) in [5.74, 6) is 0.0738. The van der Waals surface area contributed by atoms with Crippen molar-refractivity contribution < 1.29 is 9.53 Å². The summed E-state index contributed by atoms with van der Waals surface area (Å²) in [4.78, 5) is 20.4. The molecule has 5 heteroatoms. The van der Waals surface area contributed by atoms with E-state index in [0.717, 1.165) is 30.6 Å². The van der Waals surface area contributed by atoms with Crippen LogP contribution in [0.4, 0.5) is 0 Å². The molecule has 2 aliphatic heterocycles. The molecule has 4 rings (SSSR count). The third kappa shape index (κ3) is 2.35. The standard InChI is InChI=1S/C18H23N3O2/c1-11-4-5-14-13(12(11)2)8-15(19-14)18(22)21-9-16-17(10-21)23-7-6-20(16)3/h4-5,8,16-17,19H,6-7,9-10H2,1-3H3/t16-,17-/m0/s1. The van der Waals surface area contributed by atoms with E-state index in [0.29, 0.717) is 18.3 Å². The Kier molecular flexibility index (Phi) is 3.43. The van der Waals surface area contributed by atoms with Crippen LogP contribution in [0, 0.1) is 13.8 Å². The van der Waals surface area contributed by atoms with Crippen molar-refractivity contribution in [1.82, 2.24) is 14.8 Å². The first-order chi connectivity index (χ1) is 11.0. The monoisotopic (exact) mass is 313 g/mol. The van der Waals surface area contributed by atoms with Crippen LogP contribution in [-0.4, -0.2) is 66.1 Å². The van der Waals surface area contributed by atoms with Gasteiger partial charge in [-0.3, -0.25) is 9.69 Å². The van der Waals surface area contributed by atoms with Gasteiger partial charge < -0.3 is 14.6 Å². The van der Waals surface area contributed by atoms with Crippen molar-refractivity contribution in [2.45, 2.75) is 26.0 Å². The first kappa shape index (κ1) is 14.7. The molecule has 5 nitrogen and oxygen atoms in total. The molecule has 0 aliphatic carbocycles. The molecule has 0 radical (unpaired) electrons.